The molecule has 4 bridgehead atoms. The van der Waals surface area contributed by atoms with Gasteiger partial charge >= 0.3 is 0 Å². The lowest BCUT2D eigenvalue weighted by molar-refractivity contribution is -0.277. The summed E-state index contributed by atoms with van der Waals surface area (Å²) in [7, 11) is 0. The lowest BCUT2D eigenvalue weighted by Gasteiger charge is -2.68. The highest BCUT2D eigenvalue weighted by Crippen LogP contribution is 2.51. The van der Waals surface area contributed by atoms with E-state index in [-0.39, 0.29) is 10.8 Å². The molecule has 8 nitrogen and oxygen atoms in total. The first kappa shape index (κ1) is 17.5. The Kier molecular flexibility index (Phi) is 4.26. The van der Waals surface area contributed by atoms with Gasteiger partial charge in [0.05, 0.1) is 18.9 Å². The van der Waals surface area contributed by atoms with E-state index in [9.17, 15) is 25.5 Å². The van der Waals surface area contributed by atoms with E-state index in [0.29, 0.717) is 26.2 Å². The fourth-order valence-corrected chi connectivity index (χ4v) is 5.01. The molecular weight excluding hydrogens is 304 g/mol. The molecule has 134 valence electrons. The standard InChI is InChI=1S/C15H28N2O6/c1-14-4-16-6-15(2,13(14)23)7-17(5-14)12(16)11(22)10(21)9(20)8(19)3-18/h8-13,18-23H,3-7H2,1-2H3/t8-,9-,10-,11-,12?,13?,14?,15?/m0/s1. The van der Waals surface area contributed by atoms with Crippen LogP contribution < -0.4 is 0 Å². The fourth-order valence-electron chi connectivity index (χ4n) is 5.01. The molecular formula is C15H28N2O6. The number of hydrogen-bond donors (Lipinski definition) is 6. The lowest BCUT2D eigenvalue weighted by Crippen LogP contribution is -2.81. The van der Waals surface area contributed by atoms with E-state index in [2.05, 4.69) is 0 Å². The summed E-state index contributed by atoms with van der Waals surface area (Å²) in [6, 6.07) is 0. The molecule has 0 aromatic carbocycles. The Labute approximate surface area is 135 Å². The first-order chi connectivity index (χ1) is 10.6. The summed E-state index contributed by atoms with van der Waals surface area (Å²) < 4.78 is 0. The van der Waals surface area contributed by atoms with Gasteiger partial charge in [0.25, 0.3) is 0 Å². The quantitative estimate of drug-likeness (QED) is 0.310. The summed E-state index contributed by atoms with van der Waals surface area (Å²) in [6.07, 6.45) is -6.85. The van der Waals surface area contributed by atoms with Crippen LogP contribution >= 0.6 is 0 Å². The van der Waals surface area contributed by atoms with E-state index < -0.39 is 43.3 Å². The molecule has 0 saturated carbocycles. The monoisotopic (exact) mass is 332 g/mol. The van der Waals surface area contributed by atoms with Crippen molar-refractivity contribution in [3.63, 3.8) is 0 Å². The Hall–Kier alpha value is -0.320. The van der Waals surface area contributed by atoms with Crippen molar-refractivity contribution in [3.8, 4) is 0 Å². The molecule has 4 rings (SSSR count). The van der Waals surface area contributed by atoms with Gasteiger partial charge in [0, 0.05) is 37.0 Å². The second-order valence-corrected chi connectivity index (χ2v) is 8.16. The maximum absolute atomic E-state index is 10.6. The van der Waals surface area contributed by atoms with Crippen LogP contribution in [0, 0.1) is 10.8 Å². The summed E-state index contributed by atoms with van der Waals surface area (Å²) in [5, 5.41) is 59.6. The van der Waals surface area contributed by atoms with E-state index in [0.717, 1.165) is 0 Å². The van der Waals surface area contributed by atoms with Gasteiger partial charge in [-0.15, -0.1) is 0 Å². The molecule has 4 saturated heterocycles. The molecule has 0 amide bonds. The molecule has 6 N–H and O–H groups in total. The number of aliphatic hydroxyl groups excluding tert-OH is 6. The zero-order valence-electron chi connectivity index (χ0n) is 13.6. The van der Waals surface area contributed by atoms with Crippen LogP contribution in [0.25, 0.3) is 0 Å². The Morgan fingerprint density at radius 1 is 0.913 bits per heavy atom. The van der Waals surface area contributed by atoms with Crippen molar-refractivity contribution in [1.29, 1.82) is 0 Å². The molecule has 4 fully saturated rings. The summed E-state index contributed by atoms with van der Waals surface area (Å²) in [5.74, 6) is 0. The van der Waals surface area contributed by atoms with Gasteiger partial charge in [-0.25, -0.2) is 0 Å². The number of nitrogens with zero attached hydrogens (tertiary/aromatic N) is 2. The molecule has 0 aromatic heterocycles. The number of piperidine rings is 2. The molecule has 4 aliphatic rings. The van der Waals surface area contributed by atoms with Crippen molar-refractivity contribution < 1.29 is 30.6 Å². The maximum atomic E-state index is 10.6. The zero-order chi connectivity index (χ0) is 17.2. The van der Waals surface area contributed by atoms with Crippen LogP contribution in [0.4, 0.5) is 0 Å². The number of rotatable bonds is 5. The van der Waals surface area contributed by atoms with Crippen LogP contribution in [0.5, 0.6) is 0 Å². The second-order valence-electron chi connectivity index (χ2n) is 8.16. The second kappa shape index (κ2) is 5.60. The largest absolute Gasteiger partial charge is 0.394 e. The minimum absolute atomic E-state index is 0.282. The first-order valence-electron chi connectivity index (χ1n) is 8.12. The molecule has 0 spiro atoms. The molecule has 0 aromatic rings. The molecule has 0 aliphatic carbocycles. The Balaban J connectivity index is 1.78. The summed E-state index contributed by atoms with van der Waals surface area (Å²) in [5.41, 5.74) is -0.564. The zero-order valence-corrected chi connectivity index (χ0v) is 13.6. The third-order valence-corrected chi connectivity index (χ3v) is 5.91. The SMILES string of the molecule is CC12CN3CC(C)(CN(C1)C3[C@@H](O)[C@@H](O)[C@@H](O)[C@@H](O)CO)C2O. The summed E-state index contributed by atoms with van der Waals surface area (Å²) >= 11 is 0. The topological polar surface area (TPSA) is 128 Å². The van der Waals surface area contributed by atoms with Crippen LogP contribution in [-0.4, -0.2) is 110 Å². The Bertz CT molecular complexity index is 425. The molecule has 4 aliphatic heterocycles. The Morgan fingerprint density at radius 2 is 1.35 bits per heavy atom. The van der Waals surface area contributed by atoms with E-state index in [1.54, 1.807) is 0 Å². The maximum Gasteiger partial charge on any atom is 0.111 e. The van der Waals surface area contributed by atoms with E-state index in [1.807, 2.05) is 23.6 Å². The smallest absolute Gasteiger partial charge is 0.111 e. The highest BCUT2D eigenvalue weighted by Gasteiger charge is 2.63. The van der Waals surface area contributed by atoms with Crippen LogP contribution in [0.3, 0.4) is 0 Å². The van der Waals surface area contributed by atoms with Gasteiger partial charge in [0.15, 0.2) is 0 Å². The molecule has 0 radical (unpaired) electrons. The molecule has 0 unspecified atom stereocenters. The molecule has 4 heterocycles. The van der Waals surface area contributed by atoms with Gasteiger partial charge in [-0.1, -0.05) is 13.8 Å². The molecule has 23 heavy (non-hydrogen) atoms. The number of hydrogen-bond acceptors (Lipinski definition) is 8. The van der Waals surface area contributed by atoms with Crippen molar-refractivity contribution in [2.75, 3.05) is 32.8 Å². The van der Waals surface area contributed by atoms with E-state index >= 15 is 0 Å². The summed E-state index contributed by atoms with van der Waals surface area (Å²) in [4.78, 5) is 4.07. The highest BCUT2D eigenvalue weighted by atomic mass is 16.4. The number of aliphatic hydroxyl groups is 6. The van der Waals surface area contributed by atoms with Crippen molar-refractivity contribution in [2.24, 2.45) is 10.8 Å². The van der Waals surface area contributed by atoms with Crippen molar-refractivity contribution in [3.05, 3.63) is 0 Å². The lowest BCUT2D eigenvalue weighted by atomic mass is 9.60. The third kappa shape index (κ3) is 2.52. The van der Waals surface area contributed by atoms with Gasteiger partial charge in [0.2, 0.25) is 0 Å². The van der Waals surface area contributed by atoms with E-state index in [1.165, 1.54) is 0 Å². The third-order valence-electron chi connectivity index (χ3n) is 5.91. The van der Waals surface area contributed by atoms with Crippen molar-refractivity contribution in [1.82, 2.24) is 9.80 Å². The minimum atomic E-state index is -1.62. The fraction of sp³-hybridized carbons (Fsp3) is 1.00. The highest BCUT2D eigenvalue weighted by molar-refractivity contribution is 5.14. The summed E-state index contributed by atoms with van der Waals surface area (Å²) in [6.45, 7) is 5.78. The molecule has 8 heteroatoms. The van der Waals surface area contributed by atoms with Gasteiger partial charge < -0.3 is 30.6 Å². The van der Waals surface area contributed by atoms with Crippen LogP contribution in [-0.2, 0) is 0 Å². The normalized spacial score (nSPS) is 50.6. The first-order valence-corrected chi connectivity index (χ1v) is 8.12. The average molecular weight is 332 g/mol. The van der Waals surface area contributed by atoms with E-state index in [4.69, 9.17) is 5.11 Å². The van der Waals surface area contributed by atoms with Crippen LogP contribution in [0.2, 0.25) is 0 Å². The minimum Gasteiger partial charge on any atom is -0.394 e. The van der Waals surface area contributed by atoms with Crippen LogP contribution in [0.1, 0.15) is 13.8 Å². The Morgan fingerprint density at radius 3 is 1.74 bits per heavy atom. The average Bonchev–Trinajstić information content (AvgIpc) is 2.48. The van der Waals surface area contributed by atoms with Gasteiger partial charge in [-0.3, -0.25) is 9.80 Å². The van der Waals surface area contributed by atoms with Crippen molar-refractivity contribution >= 4 is 0 Å². The van der Waals surface area contributed by atoms with Gasteiger partial charge in [-0.05, 0) is 0 Å². The van der Waals surface area contributed by atoms with Crippen molar-refractivity contribution in [2.45, 2.75) is 50.5 Å². The van der Waals surface area contributed by atoms with Gasteiger partial charge in [-0.2, -0.15) is 0 Å². The van der Waals surface area contributed by atoms with Crippen LogP contribution in [0.15, 0.2) is 0 Å². The predicted octanol–water partition coefficient (Wildman–Crippen LogP) is -3.23. The van der Waals surface area contributed by atoms with Gasteiger partial charge in [0.1, 0.15) is 24.4 Å². The molecule has 4 atom stereocenters. The predicted molar refractivity (Wildman–Crippen MR) is 80.3 cm³/mol.